The van der Waals surface area contributed by atoms with E-state index in [2.05, 4.69) is 47.7 Å². The molecular formula is C21H44O3Si. The van der Waals surface area contributed by atoms with Gasteiger partial charge in [0.25, 0.3) is 0 Å². The van der Waals surface area contributed by atoms with Crippen LogP contribution in [-0.2, 0) is 9.22 Å². The van der Waals surface area contributed by atoms with E-state index < -0.39 is 25.3 Å². The van der Waals surface area contributed by atoms with Crippen molar-refractivity contribution in [2.24, 2.45) is 5.41 Å². The predicted molar refractivity (Wildman–Crippen MR) is 111 cm³/mol. The lowest BCUT2D eigenvalue weighted by Gasteiger charge is -2.52. The highest BCUT2D eigenvalue weighted by Crippen LogP contribution is 2.49. The highest BCUT2D eigenvalue weighted by molar-refractivity contribution is 6.74. The summed E-state index contributed by atoms with van der Waals surface area (Å²) >= 11 is 0. The van der Waals surface area contributed by atoms with Gasteiger partial charge in [0.2, 0.25) is 0 Å². The van der Waals surface area contributed by atoms with E-state index >= 15 is 0 Å². The lowest BCUT2D eigenvalue weighted by Crippen LogP contribution is -2.58. The van der Waals surface area contributed by atoms with Gasteiger partial charge in [-0.15, -0.1) is 0 Å². The maximum absolute atomic E-state index is 12.2. The van der Waals surface area contributed by atoms with Crippen molar-refractivity contribution in [1.82, 2.24) is 0 Å². The van der Waals surface area contributed by atoms with Gasteiger partial charge in [0, 0.05) is 0 Å². The molecule has 0 aromatic rings. The van der Waals surface area contributed by atoms with Crippen LogP contribution in [0.4, 0.5) is 0 Å². The molecule has 25 heavy (non-hydrogen) atoms. The van der Waals surface area contributed by atoms with Gasteiger partial charge in [-0.1, -0.05) is 73.1 Å². The minimum absolute atomic E-state index is 0.0718. The van der Waals surface area contributed by atoms with Gasteiger partial charge in [0.15, 0.2) is 8.32 Å². The monoisotopic (exact) mass is 372 g/mol. The van der Waals surface area contributed by atoms with Gasteiger partial charge in [-0.25, -0.2) is 0 Å². The molecule has 0 rings (SSSR count). The smallest absolute Gasteiger partial charge is 0.311 e. The first kappa shape index (κ1) is 24.6. The third kappa shape index (κ3) is 6.39. The molecule has 0 aliphatic rings. The Morgan fingerprint density at radius 3 is 1.56 bits per heavy atom. The SMILES string of the molecule is CCCCCC(CCCCC)(O[Si](C)(C)C(C)(C)C)C(C)(C)C(=O)O. The largest absolute Gasteiger partial charge is 0.481 e. The molecule has 0 bridgehead atoms. The Balaban J connectivity index is 5.93. The van der Waals surface area contributed by atoms with Crippen molar-refractivity contribution in [1.29, 1.82) is 0 Å². The zero-order valence-corrected chi connectivity index (χ0v) is 19.4. The summed E-state index contributed by atoms with van der Waals surface area (Å²) in [6.45, 7) is 19.3. The highest BCUT2D eigenvalue weighted by atomic mass is 28.4. The maximum atomic E-state index is 12.2. The van der Waals surface area contributed by atoms with Gasteiger partial charge >= 0.3 is 5.97 Å². The molecule has 0 amide bonds. The molecule has 3 nitrogen and oxygen atoms in total. The molecule has 1 N–H and O–H groups in total. The highest BCUT2D eigenvalue weighted by Gasteiger charge is 2.54. The molecule has 0 heterocycles. The van der Waals surface area contributed by atoms with Gasteiger partial charge in [0.05, 0.1) is 11.0 Å². The van der Waals surface area contributed by atoms with Crippen LogP contribution in [0.25, 0.3) is 0 Å². The number of carboxylic acids is 1. The Bertz CT molecular complexity index is 398. The van der Waals surface area contributed by atoms with Crippen molar-refractivity contribution in [3.63, 3.8) is 0 Å². The van der Waals surface area contributed by atoms with Crippen molar-refractivity contribution in [3.05, 3.63) is 0 Å². The zero-order valence-electron chi connectivity index (χ0n) is 18.4. The second-order valence-electron chi connectivity index (χ2n) is 9.70. The van der Waals surface area contributed by atoms with Crippen LogP contribution in [0.2, 0.25) is 18.1 Å². The number of unbranched alkanes of at least 4 members (excludes halogenated alkanes) is 4. The summed E-state index contributed by atoms with van der Waals surface area (Å²) in [6, 6.07) is 0. The summed E-state index contributed by atoms with van der Waals surface area (Å²) in [5.74, 6) is -0.737. The average Bonchev–Trinajstić information content (AvgIpc) is 2.45. The Morgan fingerprint density at radius 2 is 1.28 bits per heavy atom. The lowest BCUT2D eigenvalue weighted by molar-refractivity contribution is -0.165. The number of hydrogen-bond acceptors (Lipinski definition) is 2. The molecule has 0 atom stereocenters. The Kier molecular flexibility index (Phi) is 9.41. The van der Waals surface area contributed by atoms with E-state index in [1.165, 1.54) is 0 Å². The first-order valence-electron chi connectivity index (χ1n) is 10.2. The number of rotatable bonds is 12. The standard InChI is InChI=1S/C21H44O3Si/c1-10-12-14-16-21(17-15-13-11-2,20(6,7)18(22)23)24-25(8,9)19(3,4)5/h10-17H2,1-9H3,(H,22,23). The number of carbonyl (C=O) groups is 1. The average molecular weight is 373 g/mol. The summed E-state index contributed by atoms with van der Waals surface area (Å²) in [5, 5.41) is 10.1. The van der Waals surface area contributed by atoms with Gasteiger partial charge in [-0.2, -0.15) is 0 Å². The molecule has 0 saturated carbocycles. The van der Waals surface area contributed by atoms with E-state index in [4.69, 9.17) is 4.43 Å². The summed E-state index contributed by atoms with van der Waals surface area (Å²) in [6.07, 6.45) is 8.30. The summed E-state index contributed by atoms with van der Waals surface area (Å²) in [7, 11) is -2.08. The van der Waals surface area contributed by atoms with Gasteiger partial charge < -0.3 is 9.53 Å². The van der Waals surface area contributed by atoms with E-state index in [0.29, 0.717) is 0 Å². The van der Waals surface area contributed by atoms with E-state index in [1.807, 2.05) is 13.8 Å². The molecule has 0 spiro atoms. The molecule has 0 aliphatic heterocycles. The Labute approximate surface area is 158 Å². The van der Waals surface area contributed by atoms with E-state index in [1.54, 1.807) is 0 Å². The number of hydrogen-bond donors (Lipinski definition) is 1. The minimum atomic E-state index is -2.08. The molecule has 0 unspecified atom stereocenters. The van der Waals surface area contributed by atoms with E-state index in [0.717, 1.165) is 51.4 Å². The second kappa shape index (κ2) is 9.54. The van der Waals surface area contributed by atoms with Gasteiger partial charge in [-0.05, 0) is 44.8 Å². The molecule has 0 saturated heterocycles. The molecule has 0 aromatic carbocycles. The summed E-state index contributed by atoms with van der Waals surface area (Å²) in [4.78, 5) is 12.2. The fraction of sp³-hybridized carbons (Fsp3) is 0.952. The van der Waals surface area contributed by atoms with Gasteiger partial charge in [0.1, 0.15) is 0 Å². The zero-order chi connectivity index (χ0) is 19.9. The van der Waals surface area contributed by atoms with E-state index in [9.17, 15) is 9.90 Å². The lowest BCUT2D eigenvalue weighted by atomic mass is 9.69. The van der Waals surface area contributed by atoms with Crippen molar-refractivity contribution in [3.8, 4) is 0 Å². The van der Waals surface area contributed by atoms with Crippen LogP contribution in [0, 0.1) is 5.41 Å². The van der Waals surface area contributed by atoms with Crippen molar-refractivity contribution in [2.75, 3.05) is 0 Å². The van der Waals surface area contributed by atoms with Crippen LogP contribution in [0.5, 0.6) is 0 Å². The van der Waals surface area contributed by atoms with Crippen molar-refractivity contribution < 1.29 is 14.3 Å². The summed E-state index contributed by atoms with van der Waals surface area (Å²) in [5.41, 5.74) is -1.46. The molecule has 150 valence electrons. The van der Waals surface area contributed by atoms with Gasteiger partial charge in [-0.3, -0.25) is 4.79 Å². The quantitative estimate of drug-likeness (QED) is 0.296. The van der Waals surface area contributed by atoms with Crippen LogP contribution in [0.15, 0.2) is 0 Å². The number of carboxylic acid groups (broad SMARTS) is 1. The maximum Gasteiger partial charge on any atom is 0.311 e. The molecule has 0 aromatic heterocycles. The first-order valence-corrected chi connectivity index (χ1v) is 13.1. The normalized spacial score (nSPS) is 14.0. The van der Waals surface area contributed by atoms with Crippen LogP contribution < -0.4 is 0 Å². The fourth-order valence-electron chi connectivity index (χ4n) is 3.14. The van der Waals surface area contributed by atoms with Crippen LogP contribution in [0.1, 0.15) is 99.8 Å². The third-order valence-corrected chi connectivity index (χ3v) is 10.8. The second-order valence-corrected chi connectivity index (χ2v) is 14.4. The Morgan fingerprint density at radius 1 is 0.880 bits per heavy atom. The topological polar surface area (TPSA) is 46.5 Å². The van der Waals surface area contributed by atoms with Crippen LogP contribution in [-0.4, -0.2) is 25.0 Å². The fourth-order valence-corrected chi connectivity index (χ4v) is 4.88. The van der Waals surface area contributed by atoms with Crippen molar-refractivity contribution >= 4 is 14.3 Å². The minimum Gasteiger partial charge on any atom is -0.481 e. The van der Waals surface area contributed by atoms with E-state index in [-0.39, 0.29) is 5.04 Å². The Hall–Kier alpha value is -0.353. The van der Waals surface area contributed by atoms with Crippen molar-refractivity contribution in [2.45, 2.75) is 124 Å². The molecular weight excluding hydrogens is 328 g/mol. The van der Waals surface area contributed by atoms with Crippen LogP contribution in [0.3, 0.4) is 0 Å². The summed E-state index contributed by atoms with van der Waals surface area (Å²) < 4.78 is 6.97. The number of aliphatic carboxylic acids is 1. The molecule has 0 aliphatic carbocycles. The predicted octanol–water partition coefficient (Wildman–Crippen LogP) is 7.02. The third-order valence-electron chi connectivity index (χ3n) is 6.30. The first-order chi connectivity index (χ1) is 11.3. The molecule has 0 fully saturated rings. The molecule has 0 radical (unpaired) electrons. The molecule has 4 heteroatoms. The van der Waals surface area contributed by atoms with Crippen LogP contribution >= 0.6 is 0 Å².